The molecule has 0 bridgehead atoms. The van der Waals surface area contributed by atoms with E-state index in [9.17, 15) is 4.79 Å². The van der Waals surface area contributed by atoms with Gasteiger partial charge in [-0.2, -0.15) is 0 Å². The van der Waals surface area contributed by atoms with Crippen molar-refractivity contribution < 1.29 is 13.8 Å². The number of carbonyl (C=O) groups excluding carboxylic acids is 1. The lowest BCUT2D eigenvalue weighted by Crippen LogP contribution is -2.23. The van der Waals surface area contributed by atoms with Crippen LogP contribution in [0.3, 0.4) is 0 Å². The lowest BCUT2D eigenvalue weighted by atomic mass is 9.86. The Balaban J connectivity index is 2.59. The average molecular weight is 421 g/mol. The first-order chi connectivity index (χ1) is 14.2. The fraction of sp³-hybridized carbons (Fsp3) is 0.864. The van der Waals surface area contributed by atoms with Gasteiger partial charge in [-0.15, -0.1) is 0 Å². The lowest BCUT2D eigenvalue weighted by Gasteiger charge is -2.24. The number of carbonyl (C=O) groups is 1. The molecule has 0 spiro atoms. The van der Waals surface area contributed by atoms with E-state index < -0.39 is 0 Å². The van der Waals surface area contributed by atoms with Gasteiger partial charge in [-0.3, -0.25) is 4.79 Å². The van der Waals surface area contributed by atoms with Crippen LogP contribution in [0.4, 0.5) is 0 Å². The normalized spacial score (nSPS) is 27.3. The predicted molar refractivity (Wildman–Crippen MR) is 122 cm³/mol. The standard InChI is InChI=1S/C22H42O3P2/c1-3-5-7-9-11-13-18(23)15-16-20-19(14-12-10-8-6-4-2)21(24-26)17-22(20)25-27/h10,12,19-22H,3-9,11,13-17,26-27H2,1-2H3/b12-10-/t19?,20-,21+,22-/m1/s1/i26T,27T/t19?,20-,21+,22-,26?,27?. The molecule has 1 fully saturated rings. The van der Waals surface area contributed by atoms with Crippen LogP contribution in [0.5, 0.6) is 0 Å². The monoisotopic (exact) mass is 420 g/mol. The molecular formula is C22H42O3P2. The SMILES string of the molecule is [3H]PO[C@H]1C[C@@H](OP[3H])[C@H](CCC(=O)CCCCCCC)C1C/C=C\CCCC. The molecule has 0 radical (unpaired) electrons. The van der Waals surface area contributed by atoms with E-state index in [1.807, 2.05) is 0 Å². The summed E-state index contributed by atoms with van der Waals surface area (Å²) in [4.78, 5) is 12.4. The second-order valence-corrected chi connectivity index (χ2v) is 8.44. The minimum absolute atomic E-state index is 0.0113. The largest absolute Gasteiger partial charge is 0.362 e. The summed E-state index contributed by atoms with van der Waals surface area (Å²) in [5.41, 5.74) is 0. The second-order valence-electron chi connectivity index (χ2n) is 7.97. The minimum Gasteiger partial charge on any atom is -0.362 e. The van der Waals surface area contributed by atoms with Crippen molar-refractivity contribution in [3.05, 3.63) is 12.2 Å². The zero-order chi connectivity index (χ0) is 21.3. The smallest absolute Gasteiger partial charge is 0.132 e. The number of hydrogen-bond acceptors (Lipinski definition) is 3. The predicted octanol–water partition coefficient (Wildman–Crippen LogP) is 6.82. The Kier molecular flexibility index (Phi) is 13.0. The van der Waals surface area contributed by atoms with Gasteiger partial charge >= 0.3 is 0 Å². The van der Waals surface area contributed by atoms with Crippen LogP contribution in [0.15, 0.2) is 12.2 Å². The molecule has 27 heavy (non-hydrogen) atoms. The maximum absolute atomic E-state index is 12.4. The molecule has 1 rings (SSSR count). The Morgan fingerprint density at radius 2 is 1.67 bits per heavy atom. The van der Waals surface area contributed by atoms with Gasteiger partial charge in [0.05, 0.1) is 14.8 Å². The van der Waals surface area contributed by atoms with Crippen molar-refractivity contribution in [1.82, 2.24) is 0 Å². The third kappa shape index (κ3) is 9.98. The molecule has 158 valence electrons. The van der Waals surface area contributed by atoms with E-state index in [0.717, 1.165) is 38.5 Å². The summed E-state index contributed by atoms with van der Waals surface area (Å²) in [6.07, 6.45) is 17.6. The molecule has 1 aliphatic carbocycles. The zero-order valence-corrected chi connectivity index (χ0v) is 19.4. The number of hydrogen-bond donors (Lipinski definition) is 0. The molecule has 5 heteroatoms. The van der Waals surface area contributed by atoms with Crippen LogP contribution in [0.1, 0.15) is 97.3 Å². The molecule has 0 saturated heterocycles. The molecule has 0 aromatic rings. The van der Waals surface area contributed by atoms with Gasteiger partial charge in [-0.05, 0) is 37.5 Å². The van der Waals surface area contributed by atoms with Gasteiger partial charge in [0.2, 0.25) is 0 Å². The summed E-state index contributed by atoms with van der Waals surface area (Å²) in [6.45, 7) is 4.40. The molecule has 0 heterocycles. The van der Waals surface area contributed by atoms with Gasteiger partial charge in [-0.25, -0.2) is 0 Å². The molecule has 3 nitrogen and oxygen atoms in total. The van der Waals surface area contributed by atoms with Crippen LogP contribution >= 0.6 is 18.8 Å². The molecular weight excluding hydrogens is 374 g/mol. The van der Waals surface area contributed by atoms with Crippen molar-refractivity contribution in [1.29, 1.82) is 2.56 Å². The van der Waals surface area contributed by atoms with E-state index in [1.54, 1.807) is 0 Å². The third-order valence-electron chi connectivity index (χ3n) is 5.89. The quantitative estimate of drug-likeness (QED) is 0.139. The maximum atomic E-state index is 12.4. The summed E-state index contributed by atoms with van der Waals surface area (Å²) in [5, 5.41) is 0. The first-order valence-electron chi connectivity index (χ1n) is 12.0. The van der Waals surface area contributed by atoms with E-state index in [4.69, 9.17) is 11.6 Å². The Morgan fingerprint density at radius 1 is 0.963 bits per heavy atom. The summed E-state index contributed by atoms with van der Waals surface area (Å²) in [6, 6.07) is 0. The van der Waals surface area contributed by atoms with Crippen LogP contribution in [0, 0.1) is 11.8 Å². The Morgan fingerprint density at radius 3 is 2.37 bits per heavy atom. The van der Waals surface area contributed by atoms with E-state index in [1.165, 1.54) is 32.1 Å². The topological polar surface area (TPSA) is 35.5 Å². The highest BCUT2D eigenvalue weighted by Gasteiger charge is 2.42. The summed E-state index contributed by atoms with van der Waals surface area (Å²) in [5.74, 6) is 0.885. The molecule has 6 atom stereocenters. The minimum atomic E-state index is -0.293. The molecule has 0 aliphatic heterocycles. The summed E-state index contributed by atoms with van der Waals surface area (Å²) < 4.78 is 26.5. The van der Waals surface area contributed by atoms with Gasteiger partial charge in [-0.1, -0.05) is 64.5 Å². The first-order valence-corrected chi connectivity index (χ1v) is 11.8. The van der Waals surface area contributed by atoms with Crippen molar-refractivity contribution in [3.8, 4) is 0 Å². The highest BCUT2D eigenvalue weighted by atomic mass is 31.0. The highest BCUT2D eigenvalue weighted by Crippen LogP contribution is 2.42. The van der Waals surface area contributed by atoms with Crippen LogP contribution in [-0.2, 0) is 13.8 Å². The van der Waals surface area contributed by atoms with Crippen LogP contribution in [-0.4, -0.2) is 20.5 Å². The van der Waals surface area contributed by atoms with E-state index in [-0.39, 0.29) is 42.9 Å². The van der Waals surface area contributed by atoms with Crippen molar-refractivity contribution in [2.45, 2.75) is 110 Å². The molecule has 0 N–H and O–H groups in total. The van der Waals surface area contributed by atoms with Crippen LogP contribution in [0.25, 0.3) is 0 Å². The van der Waals surface area contributed by atoms with Gasteiger partial charge in [0.25, 0.3) is 0 Å². The molecule has 1 saturated carbocycles. The van der Waals surface area contributed by atoms with Gasteiger partial charge < -0.3 is 9.05 Å². The van der Waals surface area contributed by atoms with E-state index in [2.05, 4.69) is 26.0 Å². The number of allylic oxidation sites excluding steroid dienone is 2. The Labute approximate surface area is 174 Å². The summed E-state index contributed by atoms with van der Waals surface area (Å²) >= 11 is 0. The molecule has 0 aromatic carbocycles. The maximum Gasteiger partial charge on any atom is 0.132 e. The number of ketones is 1. The summed E-state index contributed by atoms with van der Waals surface area (Å²) in [7, 11) is -0.573. The van der Waals surface area contributed by atoms with E-state index >= 15 is 0 Å². The van der Waals surface area contributed by atoms with E-state index in [0.29, 0.717) is 18.6 Å². The zero-order valence-electron chi connectivity index (χ0n) is 19.4. The van der Waals surface area contributed by atoms with Gasteiger partial charge in [0.15, 0.2) is 0 Å². The fourth-order valence-electron chi connectivity index (χ4n) is 4.20. The molecule has 1 aliphatic rings. The van der Waals surface area contributed by atoms with Crippen molar-refractivity contribution >= 4 is 24.6 Å². The third-order valence-corrected chi connectivity index (χ3v) is 6.49. The second kappa shape index (κ2) is 16.0. The Hall–Kier alpha value is 0.190. The average Bonchev–Trinajstić information content (AvgIpc) is 3.03. The lowest BCUT2D eigenvalue weighted by molar-refractivity contribution is -0.119. The van der Waals surface area contributed by atoms with Crippen LogP contribution in [0.2, 0.25) is 0 Å². The first kappa shape index (κ1) is 21.9. The molecule has 0 amide bonds. The number of rotatable bonds is 18. The Bertz CT molecular complexity index is 452. The highest BCUT2D eigenvalue weighted by molar-refractivity contribution is 7.10. The van der Waals surface area contributed by atoms with Gasteiger partial charge in [0, 0.05) is 38.1 Å². The molecule has 3 unspecified atom stereocenters. The van der Waals surface area contributed by atoms with Crippen molar-refractivity contribution in [2.75, 3.05) is 0 Å². The number of unbranched alkanes of at least 4 members (excludes halogenated alkanes) is 6. The van der Waals surface area contributed by atoms with Crippen molar-refractivity contribution in [3.63, 3.8) is 0 Å². The van der Waals surface area contributed by atoms with Crippen molar-refractivity contribution in [2.24, 2.45) is 11.8 Å². The van der Waals surface area contributed by atoms with Gasteiger partial charge in [0.1, 0.15) is 5.78 Å². The number of Topliss-reactive ketones (excluding diaryl/α,β-unsaturated/α-hetero) is 1. The molecule has 0 aromatic heterocycles. The van der Waals surface area contributed by atoms with Crippen LogP contribution < -0.4 is 0 Å². The fourth-order valence-corrected chi connectivity index (χ4v) is 4.74.